The third-order valence-corrected chi connectivity index (χ3v) is 7.94. The maximum atomic E-state index is 12.7. The number of ether oxygens (including phenoxy) is 3. The van der Waals surface area contributed by atoms with E-state index in [2.05, 4.69) is 34.6 Å². The van der Waals surface area contributed by atoms with Gasteiger partial charge in [0.15, 0.2) is 22.9 Å². The Hall–Kier alpha value is -6.35. The van der Waals surface area contributed by atoms with Crippen LogP contribution in [-0.4, -0.2) is 72.0 Å². The second-order valence-electron chi connectivity index (χ2n) is 11.1. The zero-order chi connectivity index (χ0) is 37.5. The number of hydrogen-bond acceptors (Lipinski definition) is 12. The molecule has 4 N–H and O–H groups in total. The third-order valence-electron chi connectivity index (χ3n) is 7.54. The highest BCUT2D eigenvalue weighted by Gasteiger charge is 2.20. The van der Waals surface area contributed by atoms with Crippen molar-refractivity contribution < 1.29 is 28.6 Å². The van der Waals surface area contributed by atoms with Crippen LogP contribution in [0.25, 0.3) is 38.4 Å². The molecule has 2 aromatic carbocycles. The molecule has 0 atom stereocenters. The maximum absolute atomic E-state index is 12.7. The average Bonchev–Trinajstić information content (AvgIpc) is 3.76. The van der Waals surface area contributed by atoms with E-state index < -0.39 is 17.9 Å². The molecule has 268 valence electrons. The first-order chi connectivity index (χ1) is 25.0. The molecule has 5 heterocycles. The number of nitrogens with one attached hydrogen (secondary N) is 2. The molecule has 7 aromatic rings. The zero-order valence-electron chi connectivity index (χ0n) is 28.9. The molecule has 0 fully saturated rings. The van der Waals surface area contributed by atoms with Crippen LogP contribution in [-0.2, 0) is 14.2 Å². The van der Waals surface area contributed by atoms with Gasteiger partial charge in [-0.15, -0.1) is 0 Å². The van der Waals surface area contributed by atoms with E-state index in [1.54, 1.807) is 27.0 Å². The number of fused-ring (bicyclic) bond motifs is 5. The Kier molecular flexibility index (Phi) is 11.4. The molecular weight excluding hydrogens is 692 g/mol. The minimum Gasteiger partial charge on any atom is -0.462 e. The van der Waals surface area contributed by atoms with Gasteiger partial charge >= 0.3 is 17.9 Å². The van der Waals surface area contributed by atoms with Crippen molar-refractivity contribution in [2.24, 2.45) is 0 Å². The third kappa shape index (κ3) is 7.68. The van der Waals surface area contributed by atoms with Crippen LogP contribution in [0.15, 0.2) is 66.2 Å². The van der Waals surface area contributed by atoms with Crippen LogP contribution in [0.4, 0.5) is 5.82 Å². The minimum absolute atomic E-state index is 0.0458. The first-order valence-corrected chi connectivity index (χ1v) is 16.5. The number of halogens is 1. The molecule has 0 aliphatic carbocycles. The van der Waals surface area contributed by atoms with Crippen molar-refractivity contribution in [2.45, 2.75) is 34.6 Å². The number of rotatable bonds is 6. The summed E-state index contributed by atoms with van der Waals surface area (Å²) in [5, 5.41) is 2.44. The quantitative estimate of drug-likeness (QED) is 0.106. The number of nitrogens with zero attached hydrogens (tertiary/aromatic N) is 5. The van der Waals surface area contributed by atoms with E-state index in [1.165, 1.54) is 23.3 Å². The standard InChI is InChI=1S/C17H14N4O3.C13H12ClNO2.C6H9N3O2/c1-3-24-17(23)14-15-20-13-10-6-9(2)4-5-12(10)18-7-11(13)16(22)21(15)8-19-14;1-3-17-13(16)10-7-15-11-5-4-8(2)6-9(11)12(10)14;1-2-11-6(10)4-5(7)9-3-8-4/h4-8,18H,3H2,1-2H3;4-7H,3H2,1-2H3;3H,2,7H2,1H3,(H,8,9). The van der Waals surface area contributed by atoms with Gasteiger partial charge in [0.05, 0.1) is 53.2 Å². The topological polar surface area (TPSA) is 210 Å². The van der Waals surface area contributed by atoms with Crippen molar-refractivity contribution in [2.75, 3.05) is 25.6 Å². The van der Waals surface area contributed by atoms with Crippen LogP contribution in [0.1, 0.15) is 63.2 Å². The van der Waals surface area contributed by atoms with E-state index in [-0.39, 0.29) is 35.0 Å². The number of imidazole rings is 2. The summed E-state index contributed by atoms with van der Waals surface area (Å²) in [6, 6.07) is 11.6. The van der Waals surface area contributed by atoms with E-state index in [4.69, 9.17) is 26.8 Å². The van der Waals surface area contributed by atoms with Gasteiger partial charge in [-0.2, -0.15) is 0 Å². The van der Waals surface area contributed by atoms with Gasteiger partial charge in [-0.1, -0.05) is 34.9 Å². The Bertz CT molecular complexity index is 2510. The van der Waals surface area contributed by atoms with E-state index in [9.17, 15) is 19.2 Å². The van der Waals surface area contributed by atoms with Gasteiger partial charge in [0, 0.05) is 28.7 Å². The summed E-state index contributed by atoms with van der Waals surface area (Å²) in [5.41, 5.74) is 10.1. The van der Waals surface area contributed by atoms with E-state index in [1.807, 2.05) is 50.2 Å². The van der Waals surface area contributed by atoms with Crippen molar-refractivity contribution in [3.63, 3.8) is 0 Å². The normalized spacial score (nSPS) is 10.7. The Morgan fingerprint density at radius 3 is 2.15 bits per heavy atom. The second kappa shape index (κ2) is 16.1. The molecule has 5 aromatic heterocycles. The molecule has 0 unspecified atom stereocenters. The first kappa shape index (κ1) is 36.9. The molecule has 0 aliphatic rings. The lowest BCUT2D eigenvalue weighted by molar-refractivity contribution is 0.0512. The van der Waals surface area contributed by atoms with Crippen molar-refractivity contribution in [3.05, 3.63) is 105 Å². The Labute approximate surface area is 301 Å². The van der Waals surface area contributed by atoms with Gasteiger partial charge in [0.1, 0.15) is 6.33 Å². The number of aromatic amines is 2. The van der Waals surface area contributed by atoms with Crippen LogP contribution in [0.3, 0.4) is 0 Å². The summed E-state index contributed by atoms with van der Waals surface area (Å²) in [6.07, 6.45) is 5.74. The number of anilines is 1. The molecule has 16 heteroatoms. The van der Waals surface area contributed by atoms with Crippen LogP contribution < -0.4 is 11.3 Å². The molecule has 0 spiro atoms. The molecule has 7 rings (SSSR count). The van der Waals surface area contributed by atoms with Gasteiger partial charge in [-0.25, -0.2) is 33.7 Å². The highest BCUT2D eigenvalue weighted by molar-refractivity contribution is 6.38. The van der Waals surface area contributed by atoms with Gasteiger partial charge in [-0.05, 0) is 58.9 Å². The molecular formula is C36H35ClN8O7. The SMILES string of the molecule is CCOC(=O)c1[nH]cnc1N.CCOC(=O)c1cnc2ccc(C)cc2c1Cl.CCOC(=O)c1ncn2c(=O)c3c[nH]c4ccc(C)cc4c3nc12. The van der Waals surface area contributed by atoms with Crippen molar-refractivity contribution in [3.8, 4) is 0 Å². The summed E-state index contributed by atoms with van der Waals surface area (Å²) in [4.78, 5) is 69.5. The molecule has 0 aliphatic heterocycles. The van der Waals surface area contributed by atoms with E-state index >= 15 is 0 Å². The first-order valence-electron chi connectivity index (χ1n) is 16.1. The smallest absolute Gasteiger partial charge is 0.360 e. The van der Waals surface area contributed by atoms with Crippen LogP contribution in [0.2, 0.25) is 5.02 Å². The van der Waals surface area contributed by atoms with E-state index in [0.717, 1.165) is 32.9 Å². The van der Waals surface area contributed by atoms with Gasteiger partial charge < -0.3 is 29.9 Å². The number of H-pyrrole nitrogens is 2. The fourth-order valence-electron chi connectivity index (χ4n) is 5.10. The van der Waals surface area contributed by atoms with Crippen molar-refractivity contribution in [1.29, 1.82) is 0 Å². The molecule has 0 saturated carbocycles. The minimum atomic E-state index is -0.589. The van der Waals surface area contributed by atoms with Crippen molar-refractivity contribution >= 4 is 73.7 Å². The fourth-order valence-corrected chi connectivity index (χ4v) is 5.38. The average molecular weight is 727 g/mol. The number of aromatic nitrogens is 7. The number of esters is 3. The monoisotopic (exact) mass is 726 g/mol. The van der Waals surface area contributed by atoms with Crippen LogP contribution in [0, 0.1) is 13.8 Å². The largest absolute Gasteiger partial charge is 0.462 e. The molecule has 52 heavy (non-hydrogen) atoms. The number of hydrogen-bond donors (Lipinski definition) is 3. The number of carbonyl (C=O) groups is 3. The Balaban J connectivity index is 0.000000163. The lowest BCUT2D eigenvalue weighted by Gasteiger charge is -2.07. The number of benzene rings is 2. The number of nitrogens with two attached hydrogens (primary N) is 1. The summed E-state index contributed by atoms with van der Waals surface area (Å²) in [7, 11) is 0. The van der Waals surface area contributed by atoms with Crippen LogP contribution in [0.5, 0.6) is 0 Å². The number of nitrogen functional groups attached to an aromatic ring is 1. The molecule has 0 bridgehead atoms. The maximum Gasteiger partial charge on any atom is 0.360 e. The van der Waals surface area contributed by atoms with Crippen LogP contribution >= 0.6 is 11.6 Å². The molecule has 0 amide bonds. The zero-order valence-corrected chi connectivity index (χ0v) is 29.7. The molecule has 0 radical (unpaired) electrons. The second-order valence-corrected chi connectivity index (χ2v) is 11.5. The highest BCUT2D eigenvalue weighted by Crippen LogP contribution is 2.27. The van der Waals surface area contributed by atoms with Gasteiger partial charge in [0.25, 0.3) is 5.56 Å². The predicted molar refractivity (Wildman–Crippen MR) is 196 cm³/mol. The summed E-state index contributed by atoms with van der Waals surface area (Å²) < 4.78 is 15.9. The number of aryl methyl sites for hydroxylation is 2. The summed E-state index contributed by atoms with van der Waals surface area (Å²) in [6.45, 7) is 10.0. The van der Waals surface area contributed by atoms with Gasteiger partial charge in [0.2, 0.25) is 0 Å². The number of pyridine rings is 2. The van der Waals surface area contributed by atoms with Crippen molar-refractivity contribution in [1.82, 2.24) is 34.3 Å². The molecule has 0 saturated heterocycles. The Morgan fingerprint density at radius 2 is 1.48 bits per heavy atom. The molecule has 15 nitrogen and oxygen atoms in total. The number of carbonyl (C=O) groups excluding carboxylic acids is 3. The summed E-state index contributed by atoms with van der Waals surface area (Å²) in [5.74, 6) is -1.33. The lowest BCUT2D eigenvalue weighted by Crippen LogP contribution is -2.15. The lowest BCUT2D eigenvalue weighted by atomic mass is 10.1. The predicted octanol–water partition coefficient (Wildman–Crippen LogP) is 5.75. The van der Waals surface area contributed by atoms with E-state index in [0.29, 0.717) is 34.7 Å². The Morgan fingerprint density at radius 1 is 0.827 bits per heavy atom. The fraction of sp³-hybridized carbons (Fsp3) is 0.222. The van der Waals surface area contributed by atoms with Gasteiger partial charge in [-0.3, -0.25) is 9.78 Å². The highest BCUT2D eigenvalue weighted by atomic mass is 35.5. The summed E-state index contributed by atoms with van der Waals surface area (Å²) >= 11 is 6.20.